The summed E-state index contributed by atoms with van der Waals surface area (Å²) >= 11 is 0. The second kappa shape index (κ2) is 5.03. The van der Waals surface area contributed by atoms with E-state index in [1.165, 1.54) is 5.01 Å². The van der Waals surface area contributed by atoms with Gasteiger partial charge in [-0.05, 0) is 29.8 Å². The third-order valence-electron chi connectivity index (χ3n) is 2.64. The first-order chi connectivity index (χ1) is 8.99. The molecule has 0 bridgehead atoms. The number of phenolic OH excluding ortho intramolecular Hbond substituents is 1. The van der Waals surface area contributed by atoms with Gasteiger partial charge in [-0.2, -0.15) is 0 Å². The zero-order valence-electron chi connectivity index (χ0n) is 10.8. The topological polar surface area (TPSA) is 102 Å². The predicted octanol–water partition coefficient (Wildman–Crippen LogP) is 1.28. The lowest BCUT2D eigenvalue weighted by molar-refractivity contribution is 0.456. The standard InChI is InChI=1S/C13H16N4O2/c1-8-16-7-11(19-8)13(17(2)15)12(14)9-3-5-10(18)6-4-9/h3-7,18H,14-15H2,1-2H3/b13-12-. The number of phenols is 1. The zero-order valence-corrected chi connectivity index (χ0v) is 10.8. The number of oxazole rings is 1. The Morgan fingerprint density at radius 1 is 1.32 bits per heavy atom. The second-order valence-electron chi connectivity index (χ2n) is 4.16. The highest BCUT2D eigenvalue weighted by molar-refractivity contribution is 5.86. The van der Waals surface area contributed by atoms with E-state index in [9.17, 15) is 5.11 Å². The molecule has 6 nitrogen and oxygen atoms in total. The van der Waals surface area contributed by atoms with Crippen LogP contribution < -0.4 is 11.6 Å². The van der Waals surface area contributed by atoms with Crippen LogP contribution in [0.3, 0.4) is 0 Å². The fourth-order valence-corrected chi connectivity index (χ4v) is 1.75. The SMILES string of the molecule is Cc1ncc(/C(=C(/N)c2ccc(O)cc2)N(C)N)o1. The number of aryl methyl sites for hydroxylation is 1. The van der Waals surface area contributed by atoms with Crippen molar-refractivity contribution in [1.82, 2.24) is 9.99 Å². The average Bonchev–Trinajstić information content (AvgIpc) is 2.76. The smallest absolute Gasteiger partial charge is 0.191 e. The quantitative estimate of drug-likeness (QED) is 0.567. The van der Waals surface area contributed by atoms with Crippen LogP contribution in [0.2, 0.25) is 0 Å². The fraction of sp³-hybridized carbons (Fsp3) is 0.154. The Morgan fingerprint density at radius 2 is 1.95 bits per heavy atom. The van der Waals surface area contributed by atoms with Gasteiger partial charge in [0.25, 0.3) is 0 Å². The summed E-state index contributed by atoms with van der Waals surface area (Å²) in [5.74, 6) is 7.01. The van der Waals surface area contributed by atoms with Crippen LogP contribution >= 0.6 is 0 Å². The molecule has 1 heterocycles. The molecule has 5 N–H and O–H groups in total. The summed E-state index contributed by atoms with van der Waals surface area (Å²) in [5.41, 5.74) is 7.83. The maximum atomic E-state index is 9.29. The van der Waals surface area contributed by atoms with Crippen LogP contribution in [0.15, 0.2) is 34.9 Å². The van der Waals surface area contributed by atoms with E-state index in [2.05, 4.69) is 4.98 Å². The molecule has 0 spiro atoms. The predicted molar refractivity (Wildman–Crippen MR) is 72.3 cm³/mol. The molecule has 2 aromatic rings. The highest BCUT2D eigenvalue weighted by Crippen LogP contribution is 2.25. The summed E-state index contributed by atoms with van der Waals surface area (Å²) in [6.07, 6.45) is 1.57. The molecule has 0 aliphatic rings. The number of nitrogens with two attached hydrogens (primary N) is 2. The van der Waals surface area contributed by atoms with Crippen LogP contribution in [-0.4, -0.2) is 22.1 Å². The van der Waals surface area contributed by atoms with E-state index in [4.69, 9.17) is 16.0 Å². The monoisotopic (exact) mass is 260 g/mol. The summed E-state index contributed by atoms with van der Waals surface area (Å²) < 4.78 is 5.45. The number of hydrogen-bond acceptors (Lipinski definition) is 6. The van der Waals surface area contributed by atoms with Crippen LogP contribution in [0.1, 0.15) is 17.2 Å². The van der Waals surface area contributed by atoms with Crippen LogP contribution in [-0.2, 0) is 0 Å². The summed E-state index contributed by atoms with van der Waals surface area (Å²) in [4.78, 5) is 4.03. The Hall–Kier alpha value is -2.47. The molecule has 0 unspecified atom stereocenters. The van der Waals surface area contributed by atoms with Crippen LogP contribution in [0.25, 0.3) is 11.4 Å². The van der Waals surface area contributed by atoms with E-state index in [0.29, 0.717) is 23.0 Å². The van der Waals surface area contributed by atoms with Gasteiger partial charge in [0.1, 0.15) is 11.4 Å². The van der Waals surface area contributed by atoms with Gasteiger partial charge in [-0.15, -0.1) is 0 Å². The van der Waals surface area contributed by atoms with Crippen molar-refractivity contribution >= 4 is 11.4 Å². The van der Waals surface area contributed by atoms with Gasteiger partial charge in [0.2, 0.25) is 0 Å². The highest BCUT2D eigenvalue weighted by Gasteiger charge is 2.15. The van der Waals surface area contributed by atoms with Crippen molar-refractivity contribution in [3.8, 4) is 5.75 Å². The minimum atomic E-state index is 0.176. The van der Waals surface area contributed by atoms with Gasteiger partial charge in [-0.1, -0.05) is 0 Å². The number of nitrogens with zero attached hydrogens (tertiary/aromatic N) is 2. The van der Waals surface area contributed by atoms with Crippen molar-refractivity contribution < 1.29 is 9.52 Å². The number of hydrazine groups is 1. The molecule has 0 amide bonds. The maximum absolute atomic E-state index is 9.29. The lowest BCUT2D eigenvalue weighted by Crippen LogP contribution is -2.26. The molecular weight excluding hydrogens is 244 g/mol. The van der Waals surface area contributed by atoms with E-state index < -0.39 is 0 Å². The van der Waals surface area contributed by atoms with Crippen LogP contribution in [0.4, 0.5) is 0 Å². The molecule has 19 heavy (non-hydrogen) atoms. The normalized spacial score (nSPS) is 12.2. The second-order valence-corrected chi connectivity index (χ2v) is 4.16. The third kappa shape index (κ3) is 2.69. The minimum absolute atomic E-state index is 0.176. The first-order valence-corrected chi connectivity index (χ1v) is 5.69. The largest absolute Gasteiger partial charge is 0.508 e. The van der Waals surface area contributed by atoms with E-state index in [1.54, 1.807) is 44.4 Å². The van der Waals surface area contributed by atoms with Crippen molar-refractivity contribution in [2.45, 2.75) is 6.92 Å². The third-order valence-corrected chi connectivity index (χ3v) is 2.64. The number of aromatic hydroxyl groups is 1. The fourth-order valence-electron chi connectivity index (χ4n) is 1.75. The number of aromatic nitrogens is 1. The zero-order chi connectivity index (χ0) is 14.0. The average molecular weight is 260 g/mol. The molecule has 2 rings (SSSR count). The van der Waals surface area contributed by atoms with Crippen molar-refractivity contribution in [3.05, 3.63) is 47.7 Å². The number of hydrogen-bond donors (Lipinski definition) is 3. The molecular formula is C13H16N4O2. The lowest BCUT2D eigenvalue weighted by Gasteiger charge is -2.17. The van der Waals surface area contributed by atoms with Gasteiger partial charge in [0.15, 0.2) is 11.7 Å². The Labute approximate surface area is 110 Å². The minimum Gasteiger partial charge on any atom is -0.508 e. The molecule has 0 atom stereocenters. The van der Waals surface area contributed by atoms with Crippen LogP contribution in [0.5, 0.6) is 5.75 Å². The van der Waals surface area contributed by atoms with Crippen LogP contribution in [0, 0.1) is 6.92 Å². The van der Waals surface area contributed by atoms with Crippen molar-refractivity contribution in [1.29, 1.82) is 0 Å². The highest BCUT2D eigenvalue weighted by atomic mass is 16.4. The van der Waals surface area contributed by atoms with Gasteiger partial charge in [-0.3, -0.25) is 0 Å². The van der Waals surface area contributed by atoms with Gasteiger partial charge in [-0.25, -0.2) is 10.8 Å². The molecule has 1 aromatic carbocycles. The first-order valence-electron chi connectivity index (χ1n) is 5.69. The summed E-state index contributed by atoms with van der Waals surface area (Å²) in [6, 6.07) is 6.53. The molecule has 0 saturated carbocycles. The van der Waals surface area contributed by atoms with Crippen molar-refractivity contribution in [2.75, 3.05) is 7.05 Å². The molecule has 0 fully saturated rings. The summed E-state index contributed by atoms with van der Waals surface area (Å²) in [7, 11) is 1.67. The molecule has 0 saturated heterocycles. The molecule has 0 radical (unpaired) electrons. The van der Waals surface area contributed by atoms with Gasteiger partial charge < -0.3 is 20.3 Å². The number of benzene rings is 1. The Morgan fingerprint density at radius 3 is 2.42 bits per heavy atom. The molecule has 0 aliphatic heterocycles. The summed E-state index contributed by atoms with van der Waals surface area (Å²) in [5, 5.41) is 10.7. The molecule has 6 heteroatoms. The van der Waals surface area contributed by atoms with Gasteiger partial charge in [0, 0.05) is 14.0 Å². The molecule has 100 valence electrons. The van der Waals surface area contributed by atoms with Gasteiger partial charge >= 0.3 is 0 Å². The molecule has 1 aromatic heterocycles. The van der Waals surface area contributed by atoms with E-state index >= 15 is 0 Å². The Balaban J connectivity index is 2.52. The maximum Gasteiger partial charge on any atom is 0.191 e. The molecule has 0 aliphatic carbocycles. The van der Waals surface area contributed by atoms with Crippen molar-refractivity contribution in [3.63, 3.8) is 0 Å². The summed E-state index contributed by atoms with van der Waals surface area (Å²) in [6.45, 7) is 1.74. The van der Waals surface area contributed by atoms with E-state index in [-0.39, 0.29) is 5.75 Å². The van der Waals surface area contributed by atoms with Gasteiger partial charge in [0.05, 0.1) is 11.9 Å². The van der Waals surface area contributed by atoms with E-state index in [1.807, 2.05) is 0 Å². The Bertz CT molecular complexity index is 599. The first kappa shape index (κ1) is 13.0. The lowest BCUT2D eigenvalue weighted by atomic mass is 10.1. The van der Waals surface area contributed by atoms with E-state index in [0.717, 1.165) is 5.56 Å². The number of rotatable bonds is 3. The Kier molecular flexibility index (Phi) is 3.43. The van der Waals surface area contributed by atoms with Crippen molar-refractivity contribution in [2.24, 2.45) is 11.6 Å².